The fraction of sp³-hybridized carbons (Fsp3) is 0.143. The predicted molar refractivity (Wildman–Crippen MR) is 81.7 cm³/mol. The largest absolute Gasteiger partial charge is 0.331 e. The normalized spacial score (nSPS) is 11.8. The van der Waals surface area contributed by atoms with Crippen molar-refractivity contribution in [2.45, 2.75) is 12.8 Å². The predicted octanol–water partition coefficient (Wildman–Crippen LogP) is 5.20. The van der Waals surface area contributed by atoms with Crippen molar-refractivity contribution in [2.24, 2.45) is 0 Å². The number of benzene rings is 1. The monoisotopic (exact) mass is 325 g/mol. The van der Waals surface area contributed by atoms with Gasteiger partial charge in [0.25, 0.3) is 5.92 Å². The van der Waals surface area contributed by atoms with Crippen LogP contribution in [0.15, 0.2) is 36.7 Å². The summed E-state index contributed by atoms with van der Waals surface area (Å²) >= 11 is 6.92. The summed E-state index contributed by atoms with van der Waals surface area (Å²) in [6.07, 6.45) is 1.41. The quantitative estimate of drug-likeness (QED) is 0.719. The number of halogens is 3. The molecule has 0 aliphatic carbocycles. The Labute approximate surface area is 128 Å². The first kappa shape index (κ1) is 14.2. The third kappa shape index (κ3) is 2.96. The SMILES string of the molecule is CC(F)(F)c1ccc(Nc2ncnc3cc(Cl)ccc23)s1. The van der Waals surface area contributed by atoms with Gasteiger partial charge in [-0.25, -0.2) is 18.7 Å². The fourth-order valence-electron chi connectivity index (χ4n) is 1.89. The summed E-state index contributed by atoms with van der Waals surface area (Å²) < 4.78 is 26.5. The van der Waals surface area contributed by atoms with Gasteiger partial charge in [0, 0.05) is 17.3 Å². The Bertz CT molecular complexity index is 798. The number of alkyl halides is 2. The van der Waals surface area contributed by atoms with E-state index in [9.17, 15) is 8.78 Å². The van der Waals surface area contributed by atoms with Gasteiger partial charge in [-0.3, -0.25) is 0 Å². The van der Waals surface area contributed by atoms with E-state index < -0.39 is 5.92 Å². The van der Waals surface area contributed by atoms with Crippen molar-refractivity contribution in [1.82, 2.24) is 9.97 Å². The van der Waals surface area contributed by atoms with Crippen molar-refractivity contribution < 1.29 is 8.78 Å². The smallest absolute Gasteiger partial charge is 0.279 e. The van der Waals surface area contributed by atoms with E-state index >= 15 is 0 Å². The van der Waals surface area contributed by atoms with E-state index in [1.165, 1.54) is 12.4 Å². The molecule has 0 saturated carbocycles. The molecule has 2 heterocycles. The first-order valence-corrected chi connectivity index (χ1v) is 7.28. The molecule has 1 aromatic carbocycles. The molecule has 0 aliphatic heterocycles. The van der Waals surface area contributed by atoms with E-state index in [1.807, 2.05) is 0 Å². The Morgan fingerprint density at radius 2 is 2.00 bits per heavy atom. The van der Waals surface area contributed by atoms with E-state index in [0.717, 1.165) is 23.6 Å². The van der Waals surface area contributed by atoms with Crippen molar-refractivity contribution in [1.29, 1.82) is 0 Å². The highest BCUT2D eigenvalue weighted by Crippen LogP contribution is 2.36. The zero-order valence-electron chi connectivity index (χ0n) is 10.9. The fourth-order valence-corrected chi connectivity index (χ4v) is 2.89. The Morgan fingerprint density at radius 1 is 1.19 bits per heavy atom. The molecule has 7 heteroatoms. The van der Waals surface area contributed by atoms with Crippen LogP contribution in [0, 0.1) is 0 Å². The summed E-state index contributed by atoms with van der Waals surface area (Å²) in [4.78, 5) is 8.30. The number of hydrogen-bond donors (Lipinski definition) is 1. The molecule has 0 aliphatic rings. The van der Waals surface area contributed by atoms with Crippen LogP contribution in [0.5, 0.6) is 0 Å². The van der Waals surface area contributed by atoms with Gasteiger partial charge in [-0.2, -0.15) is 0 Å². The number of nitrogens with zero attached hydrogens (tertiary/aromatic N) is 2. The summed E-state index contributed by atoms with van der Waals surface area (Å²) in [5.41, 5.74) is 0.692. The van der Waals surface area contributed by atoms with Crippen molar-refractivity contribution >= 4 is 44.7 Å². The Morgan fingerprint density at radius 3 is 2.71 bits per heavy atom. The molecule has 2 aromatic heterocycles. The lowest BCUT2D eigenvalue weighted by Gasteiger charge is -2.07. The molecule has 0 bridgehead atoms. The third-order valence-corrected chi connectivity index (χ3v) is 4.29. The molecule has 108 valence electrons. The molecule has 0 atom stereocenters. The van der Waals surface area contributed by atoms with Crippen LogP contribution < -0.4 is 5.32 Å². The number of thiophene rings is 1. The molecule has 0 unspecified atom stereocenters. The van der Waals surface area contributed by atoms with Gasteiger partial charge >= 0.3 is 0 Å². The number of aromatic nitrogens is 2. The van der Waals surface area contributed by atoms with Gasteiger partial charge in [0.1, 0.15) is 12.1 Å². The standard InChI is InChI=1S/C14H10ClF2N3S/c1-14(16,17)11-4-5-12(21-11)20-13-9-3-2-8(15)6-10(9)18-7-19-13/h2-7H,1H3,(H,18,19,20). The van der Waals surface area contributed by atoms with E-state index in [0.29, 0.717) is 21.4 Å². The number of fused-ring (bicyclic) bond motifs is 1. The minimum Gasteiger partial charge on any atom is -0.331 e. The molecule has 0 amide bonds. The lowest BCUT2D eigenvalue weighted by atomic mass is 10.2. The first-order valence-electron chi connectivity index (χ1n) is 6.09. The molecule has 3 rings (SSSR count). The molecular formula is C14H10ClF2N3S. The van der Waals surface area contributed by atoms with Gasteiger partial charge in [0.15, 0.2) is 0 Å². The molecule has 0 fully saturated rings. The highest BCUT2D eigenvalue weighted by atomic mass is 35.5. The molecule has 0 saturated heterocycles. The van der Waals surface area contributed by atoms with Crippen molar-refractivity contribution in [3.05, 3.63) is 46.6 Å². The van der Waals surface area contributed by atoms with Crippen LogP contribution in [0.2, 0.25) is 5.02 Å². The van der Waals surface area contributed by atoms with Crippen LogP contribution in [-0.4, -0.2) is 9.97 Å². The average molecular weight is 326 g/mol. The number of nitrogens with one attached hydrogen (secondary N) is 1. The summed E-state index contributed by atoms with van der Waals surface area (Å²) in [7, 11) is 0. The Kier molecular flexibility index (Phi) is 3.51. The summed E-state index contributed by atoms with van der Waals surface area (Å²) in [6, 6.07) is 8.28. The molecule has 0 radical (unpaired) electrons. The van der Waals surface area contributed by atoms with E-state index in [2.05, 4.69) is 15.3 Å². The van der Waals surface area contributed by atoms with Crippen molar-refractivity contribution in [2.75, 3.05) is 5.32 Å². The molecule has 3 aromatic rings. The van der Waals surface area contributed by atoms with Gasteiger partial charge in [-0.1, -0.05) is 11.6 Å². The van der Waals surface area contributed by atoms with Crippen LogP contribution in [-0.2, 0) is 5.92 Å². The highest BCUT2D eigenvalue weighted by molar-refractivity contribution is 7.16. The maximum absolute atomic E-state index is 13.2. The van der Waals surface area contributed by atoms with Gasteiger partial charge < -0.3 is 5.32 Å². The average Bonchev–Trinajstić information content (AvgIpc) is 2.87. The van der Waals surface area contributed by atoms with E-state index in [1.54, 1.807) is 24.3 Å². The summed E-state index contributed by atoms with van der Waals surface area (Å²) in [5, 5.41) is 5.01. The van der Waals surface area contributed by atoms with E-state index in [-0.39, 0.29) is 4.88 Å². The van der Waals surface area contributed by atoms with Gasteiger partial charge in [-0.15, -0.1) is 11.3 Å². The topological polar surface area (TPSA) is 37.8 Å². The number of hydrogen-bond acceptors (Lipinski definition) is 4. The molecule has 3 nitrogen and oxygen atoms in total. The minimum absolute atomic E-state index is 0.00593. The lowest BCUT2D eigenvalue weighted by Crippen LogP contribution is -2.03. The van der Waals surface area contributed by atoms with Crippen LogP contribution in [0.25, 0.3) is 10.9 Å². The van der Waals surface area contributed by atoms with Crippen LogP contribution in [0.3, 0.4) is 0 Å². The lowest BCUT2D eigenvalue weighted by molar-refractivity contribution is 0.0215. The zero-order valence-corrected chi connectivity index (χ0v) is 12.5. The zero-order chi connectivity index (χ0) is 15.0. The van der Waals surface area contributed by atoms with Crippen LogP contribution >= 0.6 is 22.9 Å². The second kappa shape index (κ2) is 5.20. The minimum atomic E-state index is -2.84. The third-order valence-electron chi connectivity index (χ3n) is 2.88. The second-order valence-electron chi connectivity index (χ2n) is 4.56. The van der Waals surface area contributed by atoms with Gasteiger partial charge in [0.05, 0.1) is 15.4 Å². The Balaban J connectivity index is 1.97. The maximum Gasteiger partial charge on any atom is 0.279 e. The number of anilines is 2. The van der Waals surface area contributed by atoms with Gasteiger partial charge in [-0.05, 0) is 30.3 Å². The highest BCUT2D eigenvalue weighted by Gasteiger charge is 2.26. The molecule has 0 spiro atoms. The van der Waals surface area contributed by atoms with Crippen molar-refractivity contribution in [3.63, 3.8) is 0 Å². The molecular weight excluding hydrogens is 316 g/mol. The molecule has 1 N–H and O–H groups in total. The summed E-state index contributed by atoms with van der Waals surface area (Å²) in [5.74, 6) is -2.28. The van der Waals surface area contributed by atoms with Crippen LogP contribution in [0.1, 0.15) is 11.8 Å². The van der Waals surface area contributed by atoms with E-state index in [4.69, 9.17) is 11.6 Å². The Hall–Kier alpha value is -1.79. The summed E-state index contributed by atoms with van der Waals surface area (Å²) in [6.45, 7) is 0.880. The molecule has 21 heavy (non-hydrogen) atoms. The number of rotatable bonds is 3. The first-order chi connectivity index (χ1) is 9.93. The maximum atomic E-state index is 13.2. The van der Waals surface area contributed by atoms with Crippen molar-refractivity contribution in [3.8, 4) is 0 Å². The second-order valence-corrected chi connectivity index (χ2v) is 6.08. The van der Waals surface area contributed by atoms with Crippen LogP contribution in [0.4, 0.5) is 19.6 Å². The van der Waals surface area contributed by atoms with Gasteiger partial charge in [0.2, 0.25) is 0 Å².